The van der Waals surface area contributed by atoms with E-state index < -0.39 is 0 Å². The van der Waals surface area contributed by atoms with E-state index in [1.165, 1.54) is 24.8 Å². The van der Waals surface area contributed by atoms with E-state index in [0.29, 0.717) is 30.6 Å². The van der Waals surface area contributed by atoms with Crippen LogP contribution in [-0.4, -0.2) is 64.7 Å². The van der Waals surface area contributed by atoms with E-state index in [-0.39, 0.29) is 11.9 Å². The summed E-state index contributed by atoms with van der Waals surface area (Å²) in [5.41, 5.74) is 4.14. The number of carbonyl (C=O) groups is 1. The summed E-state index contributed by atoms with van der Waals surface area (Å²) in [6.07, 6.45) is 4.80. The zero-order valence-electron chi connectivity index (χ0n) is 24.6. The summed E-state index contributed by atoms with van der Waals surface area (Å²) < 4.78 is 13.8. The Hall–Kier alpha value is -4.10. The minimum Gasteiger partial charge on any atom is -0.495 e. The molecule has 1 unspecified atom stereocenters. The number of carbonyl (C=O) groups excluding carboxylic acids is 1. The van der Waals surface area contributed by atoms with Gasteiger partial charge in [-0.05, 0) is 43.4 Å². The first-order chi connectivity index (χ1) is 20.7. The number of hydrogen-bond acceptors (Lipinski definition) is 5. The fraction of sp³-hybridized carbons (Fsp3) is 0.371. The van der Waals surface area contributed by atoms with Crippen molar-refractivity contribution in [1.29, 1.82) is 0 Å². The molecule has 1 aromatic heterocycles. The Labute approximate surface area is 248 Å². The van der Waals surface area contributed by atoms with Crippen molar-refractivity contribution in [3.63, 3.8) is 0 Å². The van der Waals surface area contributed by atoms with Crippen molar-refractivity contribution < 1.29 is 14.3 Å². The van der Waals surface area contributed by atoms with Crippen LogP contribution < -0.4 is 9.47 Å². The Morgan fingerprint density at radius 1 is 0.905 bits per heavy atom. The van der Waals surface area contributed by atoms with Gasteiger partial charge >= 0.3 is 6.01 Å². The number of piperazine rings is 1. The van der Waals surface area contributed by atoms with Crippen LogP contribution in [0, 0.1) is 5.92 Å². The molecule has 6 rings (SSSR count). The van der Waals surface area contributed by atoms with Crippen LogP contribution in [-0.2, 0) is 6.54 Å². The lowest BCUT2D eigenvalue weighted by Crippen LogP contribution is -2.55. The molecule has 0 spiro atoms. The number of benzene rings is 3. The molecular formula is C35H40N4O3. The van der Waals surface area contributed by atoms with E-state index in [1.54, 1.807) is 7.11 Å². The molecule has 1 atom stereocenters. The molecule has 1 aliphatic carbocycles. The number of ether oxygens (including phenoxy) is 2. The molecule has 42 heavy (non-hydrogen) atoms. The Kier molecular flexibility index (Phi) is 8.56. The van der Waals surface area contributed by atoms with Gasteiger partial charge in [0.25, 0.3) is 5.91 Å². The van der Waals surface area contributed by atoms with E-state index in [0.717, 1.165) is 48.9 Å². The van der Waals surface area contributed by atoms with Crippen LogP contribution in [0.3, 0.4) is 0 Å². The first kappa shape index (κ1) is 28.0. The van der Waals surface area contributed by atoms with Gasteiger partial charge in [0.2, 0.25) is 0 Å². The van der Waals surface area contributed by atoms with E-state index in [9.17, 15) is 4.79 Å². The Morgan fingerprint density at radius 2 is 1.62 bits per heavy atom. The van der Waals surface area contributed by atoms with E-state index in [2.05, 4.69) is 40.1 Å². The van der Waals surface area contributed by atoms with Crippen molar-refractivity contribution >= 4 is 5.91 Å². The third-order valence-corrected chi connectivity index (χ3v) is 8.38. The molecule has 7 nitrogen and oxygen atoms in total. The second-order valence-corrected chi connectivity index (χ2v) is 11.3. The highest BCUT2D eigenvalue weighted by atomic mass is 16.5. The number of imidazole rings is 1. The van der Waals surface area contributed by atoms with Gasteiger partial charge in [-0.25, -0.2) is 0 Å². The van der Waals surface area contributed by atoms with E-state index >= 15 is 0 Å². The predicted molar refractivity (Wildman–Crippen MR) is 165 cm³/mol. The number of para-hydroxylation sites is 2. The lowest BCUT2D eigenvalue weighted by Gasteiger charge is -2.41. The van der Waals surface area contributed by atoms with Crippen molar-refractivity contribution in [3.05, 3.63) is 96.2 Å². The highest BCUT2D eigenvalue weighted by Gasteiger charge is 2.36. The summed E-state index contributed by atoms with van der Waals surface area (Å²) in [5, 5.41) is 0. The molecule has 1 aliphatic heterocycles. The molecular weight excluding hydrogens is 524 g/mol. The van der Waals surface area contributed by atoms with Gasteiger partial charge < -0.3 is 14.4 Å². The second kappa shape index (κ2) is 12.8. The van der Waals surface area contributed by atoms with Crippen molar-refractivity contribution in [3.8, 4) is 28.7 Å². The molecule has 1 saturated heterocycles. The molecule has 218 valence electrons. The van der Waals surface area contributed by atoms with Gasteiger partial charge in [0.1, 0.15) is 5.75 Å². The summed E-state index contributed by atoms with van der Waals surface area (Å²) in [4.78, 5) is 24.1. The van der Waals surface area contributed by atoms with Gasteiger partial charge in [0.05, 0.1) is 25.1 Å². The SMILES string of the molecule is CCOc1nc(C(=O)N2CCN(Cc3ccccc3)CC2CCC2CC2)c(-c2ccccc2)n1-c1ccccc1OC. The third kappa shape index (κ3) is 6.07. The number of methoxy groups -OCH3 is 1. The Balaban J connectivity index is 1.39. The monoisotopic (exact) mass is 564 g/mol. The molecule has 2 fully saturated rings. The number of hydrogen-bond donors (Lipinski definition) is 0. The van der Waals surface area contributed by atoms with Crippen LogP contribution in [0.4, 0.5) is 0 Å². The van der Waals surface area contributed by atoms with Gasteiger partial charge in [-0.15, -0.1) is 0 Å². The first-order valence-electron chi connectivity index (χ1n) is 15.2. The molecule has 1 saturated carbocycles. The van der Waals surface area contributed by atoms with E-state index in [4.69, 9.17) is 14.5 Å². The maximum absolute atomic E-state index is 14.6. The molecule has 2 aliphatic rings. The molecule has 1 amide bonds. The number of nitrogens with zero attached hydrogens (tertiary/aromatic N) is 4. The van der Waals surface area contributed by atoms with Crippen molar-refractivity contribution in [2.45, 2.75) is 45.2 Å². The molecule has 7 heteroatoms. The van der Waals surface area contributed by atoms with Crippen LogP contribution in [0.15, 0.2) is 84.9 Å². The Morgan fingerprint density at radius 3 is 2.33 bits per heavy atom. The first-order valence-corrected chi connectivity index (χ1v) is 15.2. The van der Waals surface area contributed by atoms with Crippen molar-refractivity contribution in [1.82, 2.24) is 19.4 Å². The quantitative estimate of drug-likeness (QED) is 0.209. The Bertz CT molecular complexity index is 1480. The predicted octanol–water partition coefficient (Wildman–Crippen LogP) is 6.46. The summed E-state index contributed by atoms with van der Waals surface area (Å²) in [5.74, 6) is 1.45. The van der Waals surface area contributed by atoms with Crippen molar-refractivity contribution in [2.75, 3.05) is 33.4 Å². The molecule has 2 heterocycles. The lowest BCUT2D eigenvalue weighted by molar-refractivity contribution is 0.0407. The second-order valence-electron chi connectivity index (χ2n) is 11.3. The highest BCUT2D eigenvalue weighted by Crippen LogP contribution is 2.38. The smallest absolute Gasteiger partial charge is 0.302 e. The van der Waals surface area contributed by atoms with Gasteiger partial charge in [-0.3, -0.25) is 14.3 Å². The van der Waals surface area contributed by atoms with Gasteiger partial charge in [-0.2, -0.15) is 4.98 Å². The molecule has 0 N–H and O–H groups in total. The summed E-state index contributed by atoms with van der Waals surface area (Å²) >= 11 is 0. The fourth-order valence-electron chi connectivity index (χ4n) is 6.06. The molecule has 4 aromatic rings. The van der Waals surface area contributed by atoms with Gasteiger partial charge in [0.15, 0.2) is 5.69 Å². The topological polar surface area (TPSA) is 59.8 Å². The van der Waals surface area contributed by atoms with Gasteiger partial charge in [-0.1, -0.05) is 85.6 Å². The minimum absolute atomic E-state index is 0.0383. The number of rotatable bonds is 11. The number of amides is 1. The summed E-state index contributed by atoms with van der Waals surface area (Å²) in [6, 6.07) is 28.9. The van der Waals surface area contributed by atoms with Crippen LogP contribution in [0.2, 0.25) is 0 Å². The lowest BCUT2D eigenvalue weighted by atomic mass is 10.0. The van der Waals surface area contributed by atoms with Crippen LogP contribution in [0.25, 0.3) is 16.9 Å². The van der Waals surface area contributed by atoms with E-state index in [1.807, 2.05) is 66.1 Å². The minimum atomic E-state index is -0.0383. The maximum atomic E-state index is 14.6. The summed E-state index contributed by atoms with van der Waals surface area (Å²) in [7, 11) is 1.66. The molecule has 0 radical (unpaired) electrons. The molecule has 3 aromatic carbocycles. The summed E-state index contributed by atoms with van der Waals surface area (Å²) in [6.45, 7) is 5.61. The third-order valence-electron chi connectivity index (χ3n) is 8.38. The van der Waals surface area contributed by atoms with Gasteiger partial charge in [0, 0.05) is 37.8 Å². The average molecular weight is 565 g/mol. The maximum Gasteiger partial charge on any atom is 0.302 e. The fourth-order valence-corrected chi connectivity index (χ4v) is 6.06. The van der Waals surface area contributed by atoms with Crippen LogP contribution >= 0.6 is 0 Å². The van der Waals surface area contributed by atoms with Crippen molar-refractivity contribution in [2.24, 2.45) is 5.92 Å². The standard InChI is InChI=1S/C35H40N4O3/c1-3-42-35-36-32(33(28-14-8-5-9-15-28)39(35)30-16-10-11-17-31(30)41-2)34(40)38-23-22-37(24-27-12-6-4-7-13-27)25-29(38)21-20-26-18-19-26/h4-17,26,29H,3,18-25H2,1-2H3. The van der Waals surface area contributed by atoms with Crippen LogP contribution in [0.5, 0.6) is 11.8 Å². The number of aromatic nitrogens is 2. The normalized spacial score (nSPS) is 17.3. The zero-order chi connectivity index (χ0) is 28.9. The zero-order valence-corrected chi connectivity index (χ0v) is 24.6. The average Bonchev–Trinajstić information content (AvgIpc) is 3.80. The molecule has 0 bridgehead atoms. The van der Waals surface area contributed by atoms with Crippen LogP contribution in [0.1, 0.15) is 48.7 Å². The largest absolute Gasteiger partial charge is 0.495 e. The highest BCUT2D eigenvalue weighted by molar-refractivity contribution is 5.99.